The van der Waals surface area contributed by atoms with Gasteiger partial charge in [0.2, 0.25) is 5.95 Å². The van der Waals surface area contributed by atoms with Crippen LogP contribution in [-0.2, 0) is 0 Å². The number of rotatable bonds is 4. The Kier molecular flexibility index (Phi) is 3.76. The number of hydrogen-bond donors (Lipinski definition) is 1. The van der Waals surface area contributed by atoms with E-state index in [1.807, 2.05) is 14.1 Å². The minimum Gasteiger partial charge on any atom is -0.477 e. The van der Waals surface area contributed by atoms with Crippen LogP contribution < -0.4 is 4.90 Å². The Hall–Kier alpha value is -1.69. The number of aromatic nitrogens is 2. The highest BCUT2D eigenvalue weighted by molar-refractivity contribution is 5.85. The summed E-state index contributed by atoms with van der Waals surface area (Å²) in [7, 11) is 4.07. The molecule has 0 spiro atoms. The predicted molar refractivity (Wildman–Crippen MR) is 67.9 cm³/mol. The summed E-state index contributed by atoms with van der Waals surface area (Å²) in [6.07, 6.45) is 3.70. The van der Waals surface area contributed by atoms with E-state index in [1.165, 1.54) is 12.3 Å². The first-order valence-corrected chi connectivity index (χ1v) is 6.05. The molecule has 1 aliphatic heterocycles. The number of carbonyl (C=O) groups is 1. The van der Waals surface area contributed by atoms with Crippen molar-refractivity contribution in [1.29, 1.82) is 0 Å². The maximum atomic E-state index is 10.9. The Morgan fingerprint density at radius 1 is 1.61 bits per heavy atom. The number of anilines is 1. The molecular formula is C12H18N4O2. The third-order valence-electron chi connectivity index (χ3n) is 3.07. The molecule has 0 radical (unpaired) electrons. The quantitative estimate of drug-likeness (QED) is 0.848. The summed E-state index contributed by atoms with van der Waals surface area (Å²) < 4.78 is 0. The minimum atomic E-state index is -1.01. The number of aromatic carboxylic acids is 1. The van der Waals surface area contributed by atoms with Crippen molar-refractivity contribution < 1.29 is 9.90 Å². The highest BCUT2D eigenvalue weighted by Crippen LogP contribution is 2.22. The zero-order valence-electron chi connectivity index (χ0n) is 10.7. The third-order valence-corrected chi connectivity index (χ3v) is 3.07. The molecule has 6 heteroatoms. The van der Waals surface area contributed by atoms with Crippen molar-refractivity contribution in [1.82, 2.24) is 14.9 Å². The molecule has 1 aliphatic rings. The summed E-state index contributed by atoms with van der Waals surface area (Å²) >= 11 is 0. The SMILES string of the molecule is CN(C)CC1CCCN1c1nccc(C(=O)O)n1. The summed E-state index contributed by atoms with van der Waals surface area (Å²) in [6.45, 7) is 1.82. The van der Waals surface area contributed by atoms with Crippen LogP contribution in [-0.4, -0.2) is 59.2 Å². The Morgan fingerprint density at radius 2 is 2.39 bits per heavy atom. The van der Waals surface area contributed by atoms with Gasteiger partial charge >= 0.3 is 5.97 Å². The van der Waals surface area contributed by atoms with Crippen molar-refractivity contribution in [3.63, 3.8) is 0 Å². The van der Waals surface area contributed by atoms with E-state index in [4.69, 9.17) is 5.11 Å². The van der Waals surface area contributed by atoms with Crippen LogP contribution in [0.25, 0.3) is 0 Å². The van der Waals surface area contributed by atoms with E-state index in [0.717, 1.165) is 25.9 Å². The number of likely N-dealkylation sites (N-methyl/N-ethyl adjacent to an activating group) is 1. The molecule has 1 aromatic rings. The molecule has 0 saturated carbocycles. The van der Waals surface area contributed by atoms with Crippen LogP contribution >= 0.6 is 0 Å². The number of hydrogen-bond acceptors (Lipinski definition) is 5. The van der Waals surface area contributed by atoms with E-state index in [-0.39, 0.29) is 5.69 Å². The number of carboxylic acid groups (broad SMARTS) is 1. The van der Waals surface area contributed by atoms with Gasteiger partial charge in [-0.15, -0.1) is 0 Å². The molecule has 2 rings (SSSR count). The molecule has 0 amide bonds. The molecule has 18 heavy (non-hydrogen) atoms. The zero-order valence-corrected chi connectivity index (χ0v) is 10.7. The molecule has 0 aliphatic carbocycles. The fourth-order valence-corrected chi connectivity index (χ4v) is 2.32. The largest absolute Gasteiger partial charge is 0.477 e. The molecule has 1 unspecified atom stereocenters. The molecule has 1 fully saturated rings. The van der Waals surface area contributed by atoms with Crippen LogP contribution in [0.4, 0.5) is 5.95 Å². The van der Waals surface area contributed by atoms with Crippen molar-refractivity contribution in [2.75, 3.05) is 32.1 Å². The summed E-state index contributed by atoms with van der Waals surface area (Å²) in [6, 6.07) is 1.78. The molecule has 1 atom stereocenters. The second-order valence-electron chi connectivity index (χ2n) is 4.80. The lowest BCUT2D eigenvalue weighted by Gasteiger charge is -2.27. The lowest BCUT2D eigenvalue weighted by Crippen LogP contribution is -2.38. The Morgan fingerprint density at radius 3 is 3.06 bits per heavy atom. The standard InChI is InChI=1S/C12H18N4O2/c1-15(2)8-9-4-3-7-16(9)12-13-6-5-10(14-12)11(17)18/h5-6,9H,3-4,7-8H2,1-2H3,(H,17,18). The van der Waals surface area contributed by atoms with E-state index < -0.39 is 5.97 Å². The van der Waals surface area contributed by atoms with Gasteiger partial charge in [-0.05, 0) is 33.0 Å². The van der Waals surface area contributed by atoms with E-state index >= 15 is 0 Å². The summed E-state index contributed by atoms with van der Waals surface area (Å²) in [5.74, 6) is -0.485. The molecule has 1 aromatic heterocycles. The fourth-order valence-electron chi connectivity index (χ4n) is 2.32. The first-order valence-electron chi connectivity index (χ1n) is 6.05. The summed E-state index contributed by atoms with van der Waals surface area (Å²) in [5.41, 5.74) is 0.0514. The van der Waals surface area contributed by atoms with Gasteiger partial charge in [0.25, 0.3) is 0 Å². The smallest absolute Gasteiger partial charge is 0.354 e. The van der Waals surface area contributed by atoms with Crippen LogP contribution in [0.1, 0.15) is 23.3 Å². The van der Waals surface area contributed by atoms with Gasteiger partial charge in [0.15, 0.2) is 5.69 Å². The van der Waals surface area contributed by atoms with Crippen molar-refractivity contribution >= 4 is 11.9 Å². The zero-order chi connectivity index (χ0) is 13.1. The van der Waals surface area contributed by atoms with Gasteiger partial charge < -0.3 is 14.9 Å². The molecule has 1 saturated heterocycles. The number of nitrogens with zero attached hydrogens (tertiary/aromatic N) is 4. The van der Waals surface area contributed by atoms with Crippen molar-refractivity contribution in [2.24, 2.45) is 0 Å². The van der Waals surface area contributed by atoms with Gasteiger partial charge in [0, 0.05) is 25.3 Å². The lowest BCUT2D eigenvalue weighted by molar-refractivity contribution is 0.0690. The van der Waals surface area contributed by atoms with Crippen molar-refractivity contribution in [3.05, 3.63) is 18.0 Å². The van der Waals surface area contributed by atoms with Gasteiger partial charge in [0.05, 0.1) is 0 Å². The Balaban J connectivity index is 2.19. The maximum absolute atomic E-state index is 10.9. The van der Waals surface area contributed by atoms with Crippen molar-refractivity contribution in [2.45, 2.75) is 18.9 Å². The van der Waals surface area contributed by atoms with E-state index in [9.17, 15) is 4.79 Å². The van der Waals surface area contributed by atoms with Crippen LogP contribution in [0, 0.1) is 0 Å². The highest BCUT2D eigenvalue weighted by Gasteiger charge is 2.27. The Bertz CT molecular complexity index is 436. The molecule has 1 N–H and O–H groups in total. The van der Waals surface area contributed by atoms with Gasteiger partial charge in [-0.1, -0.05) is 0 Å². The second-order valence-corrected chi connectivity index (χ2v) is 4.80. The van der Waals surface area contributed by atoms with E-state index in [0.29, 0.717) is 12.0 Å². The summed E-state index contributed by atoms with van der Waals surface area (Å²) in [4.78, 5) is 23.4. The average molecular weight is 250 g/mol. The second kappa shape index (κ2) is 5.30. The first kappa shape index (κ1) is 12.8. The van der Waals surface area contributed by atoms with Gasteiger partial charge in [-0.25, -0.2) is 14.8 Å². The fraction of sp³-hybridized carbons (Fsp3) is 0.583. The molecular weight excluding hydrogens is 232 g/mol. The van der Waals surface area contributed by atoms with Gasteiger partial charge in [-0.3, -0.25) is 0 Å². The monoisotopic (exact) mass is 250 g/mol. The maximum Gasteiger partial charge on any atom is 0.354 e. The highest BCUT2D eigenvalue weighted by atomic mass is 16.4. The van der Waals surface area contributed by atoms with Gasteiger partial charge in [0.1, 0.15) is 0 Å². The summed E-state index contributed by atoms with van der Waals surface area (Å²) in [5, 5.41) is 8.95. The van der Waals surface area contributed by atoms with Crippen LogP contribution in [0.3, 0.4) is 0 Å². The van der Waals surface area contributed by atoms with Crippen LogP contribution in [0.2, 0.25) is 0 Å². The number of carboxylic acids is 1. The molecule has 0 aromatic carbocycles. The molecule has 2 heterocycles. The van der Waals surface area contributed by atoms with Crippen LogP contribution in [0.15, 0.2) is 12.3 Å². The average Bonchev–Trinajstić information content (AvgIpc) is 2.76. The van der Waals surface area contributed by atoms with E-state index in [1.54, 1.807) is 0 Å². The third kappa shape index (κ3) is 2.76. The lowest BCUT2D eigenvalue weighted by atomic mass is 10.2. The first-order chi connectivity index (χ1) is 8.58. The van der Waals surface area contributed by atoms with E-state index in [2.05, 4.69) is 19.8 Å². The van der Waals surface area contributed by atoms with Crippen molar-refractivity contribution in [3.8, 4) is 0 Å². The predicted octanol–water partition coefficient (Wildman–Crippen LogP) is 0.705. The molecule has 0 bridgehead atoms. The molecule has 98 valence electrons. The minimum absolute atomic E-state index is 0.0514. The molecule has 6 nitrogen and oxygen atoms in total. The topological polar surface area (TPSA) is 69.6 Å². The van der Waals surface area contributed by atoms with Gasteiger partial charge in [-0.2, -0.15) is 0 Å². The van der Waals surface area contributed by atoms with Crippen LogP contribution in [0.5, 0.6) is 0 Å². The normalized spacial score (nSPS) is 19.5. The Labute approximate surface area is 106 Å².